The summed E-state index contributed by atoms with van der Waals surface area (Å²) in [4.78, 5) is 8.50. The zero-order valence-electron chi connectivity index (χ0n) is 10.4. The number of rotatable bonds is 4. The number of aromatic nitrogens is 2. The molecule has 0 aliphatic heterocycles. The summed E-state index contributed by atoms with van der Waals surface area (Å²) in [5.41, 5.74) is 1.95. The van der Waals surface area contributed by atoms with Gasteiger partial charge in [0.25, 0.3) is 0 Å². The fraction of sp³-hybridized carbons (Fsp3) is 0.231. The molecule has 0 bridgehead atoms. The highest BCUT2D eigenvalue weighted by Crippen LogP contribution is 2.22. The molecule has 0 spiro atoms. The van der Waals surface area contributed by atoms with Crippen molar-refractivity contribution in [2.75, 3.05) is 17.2 Å². The van der Waals surface area contributed by atoms with Crippen molar-refractivity contribution in [3.63, 3.8) is 0 Å². The number of anilines is 3. The third kappa shape index (κ3) is 3.11. The Bertz CT molecular complexity index is 542. The van der Waals surface area contributed by atoms with Gasteiger partial charge in [0.1, 0.15) is 5.82 Å². The number of nitrogens with one attached hydrogen (secondary N) is 2. The van der Waals surface area contributed by atoms with Gasteiger partial charge in [-0.3, -0.25) is 4.98 Å². The fourth-order valence-electron chi connectivity index (χ4n) is 1.51. The van der Waals surface area contributed by atoms with Gasteiger partial charge in [-0.05, 0) is 31.5 Å². The van der Waals surface area contributed by atoms with Crippen molar-refractivity contribution in [2.24, 2.45) is 0 Å². The molecule has 4 nitrogen and oxygen atoms in total. The van der Waals surface area contributed by atoms with Gasteiger partial charge in [-0.15, -0.1) is 0 Å². The number of nitrogens with zero attached hydrogens (tertiary/aromatic N) is 2. The summed E-state index contributed by atoms with van der Waals surface area (Å²) >= 11 is 6.07. The first kappa shape index (κ1) is 12.6. The lowest BCUT2D eigenvalue weighted by Crippen LogP contribution is -2.02. The van der Waals surface area contributed by atoms with E-state index in [1.807, 2.05) is 32.0 Å². The molecule has 1 heterocycles. The average molecular weight is 263 g/mol. The van der Waals surface area contributed by atoms with E-state index in [1.54, 1.807) is 12.4 Å². The van der Waals surface area contributed by atoms with Crippen LogP contribution in [0.15, 0.2) is 30.6 Å². The van der Waals surface area contributed by atoms with Gasteiger partial charge in [-0.2, -0.15) is 0 Å². The first-order chi connectivity index (χ1) is 8.69. The van der Waals surface area contributed by atoms with Gasteiger partial charge in [-0.1, -0.05) is 17.7 Å². The lowest BCUT2D eigenvalue weighted by atomic mass is 10.2. The van der Waals surface area contributed by atoms with Crippen molar-refractivity contribution < 1.29 is 0 Å². The van der Waals surface area contributed by atoms with Crippen molar-refractivity contribution in [2.45, 2.75) is 13.8 Å². The SMILES string of the molecule is CCNc1cncc(Nc2ccc(C)c(Cl)c2)n1. The van der Waals surface area contributed by atoms with Crippen LogP contribution in [0.4, 0.5) is 17.3 Å². The van der Waals surface area contributed by atoms with Crippen LogP contribution in [0.1, 0.15) is 12.5 Å². The Balaban J connectivity index is 2.17. The van der Waals surface area contributed by atoms with Crippen LogP contribution in [0.25, 0.3) is 0 Å². The molecule has 0 atom stereocenters. The second-order valence-electron chi connectivity index (χ2n) is 3.91. The van der Waals surface area contributed by atoms with Crippen LogP contribution in [0.5, 0.6) is 0 Å². The zero-order chi connectivity index (χ0) is 13.0. The van der Waals surface area contributed by atoms with Gasteiger partial charge < -0.3 is 10.6 Å². The molecule has 0 aliphatic carbocycles. The molecule has 0 aliphatic rings. The maximum Gasteiger partial charge on any atom is 0.151 e. The quantitative estimate of drug-likeness (QED) is 0.884. The number of hydrogen-bond acceptors (Lipinski definition) is 4. The highest BCUT2D eigenvalue weighted by Gasteiger charge is 2.01. The molecule has 0 unspecified atom stereocenters. The molecule has 18 heavy (non-hydrogen) atoms. The van der Waals surface area contributed by atoms with Crippen molar-refractivity contribution in [1.82, 2.24) is 9.97 Å². The minimum absolute atomic E-state index is 0.688. The number of hydrogen-bond donors (Lipinski definition) is 2. The molecular weight excluding hydrogens is 248 g/mol. The van der Waals surface area contributed by atoms with E-state index >= 15 is 0 Å². The zero-order valence-corrected chi connectivity index (χ0v) is 11.1. The minimum atomic E-state index is 0.688. The van der Waals surface area contributed by atoms with Crippen molar-refractivity contribution in [3.05, 3.63) is 41.2 Å². The molecular formula is C13H15ClN4. The van der Waals surface area contributed by atoms with E-state index in [1.165, 1.54) is 0 Å². The normalized spacial score (nSPS) is 10.2. The first-order valence-corrected chi connectivity index (χ1v) is 6.16. The van der Waals surface area contributed by atoms with Gasteiger partial charge in [0.15, 0.2) is 5.82 Å². The van der Waals surface area contributed by atoms with Gasteiger partial charge in [0.05, 0.1) is 12.4 Å². The molecule has 0 fully saturated rings. The Labute approximate surface area is 111 Å². The van der Waals surface area contributed by atoms with Crippen molar-refractivity contribution in [3.8, 4) is 0 Å². The largest absolute Gasteiger partial charge is 0.369 e. The lowest BCUT2D eigenvalue weighted by molar-refractivity contribution is 1.12. The third-order valence-electron chi connectivity index (χ3n) is 2.44. The van der Waals surface area contributed by atoms with Crippen LogP contribution in [-0.2, 0) is 0 Å². The van der Waals surface area contributed by atoms with Crippen LogP contribution >= 0.6 is 11.6 Å². The monoisotopic (exact) mass is 262 g/mol. The Morgan fingerprint density at radius 1 is 1.22 bits per heavy atom. The summed E-state index contributed by atoms with van der Waals surface area (Å²) in [5.74, 6) is 1.44. The Morgan fingerprint density at radius 3 is 2.72 bits per heavy atom. The molecule has 5 heteroatoms. The Hall–Kier alpha value is -1.81. The van der Waals surface area contributed by atoms with Crippen LogP contribution < -0.4 is 10.6 Å². The van der Waals surface area contributed by atoms with E-state index in [2.05, 4.69) is 20.6 Å². The minimum Gasteiger partial charge on any atom is -0.369 e. The first-order valence-electron chi connectivity index (χ1n) is 5.78. The van der Waals surface area contributed by atoms with E-state index in [9.17, 15) is 0 Å². The second kappa shape index (κ2) is 5.69. The molecule has 0 saturated heterocycles. The highest BCUT2D eigenvalue weighted by atomic mass is 35.5. The van der Waals surface area contributed by atoms with E-state index in [-0.39, 0.29) is 0 Å². The number of halogens is 1. The molecule has 2 rings (SSSR count). The lowest BCUT2D eigenvalue weighted by Gasteiger charge is -2.08. The summed E-state index contributed by atoms with van der Waals surface area (Å²) < 4.78 is 0. The van der Waals surface area contributed by atoms with E-state index in [0.717, 1.165) is 28.6 Å². The predicted octanol–water partition coefficient (Wildman–Crippen LogP) is 3.61. The van der Waals surface area contributed by atoms with Crippen molar-refractivity contribution >= 4 is 28.9 Å². The highest BCUT2D eigenvalue weighted by molar-refractivity contribution is 6.31. The molecule has 2 aromatic rings. The van der Waals surface area contributed by atoms with Crippen LogP contribution in [0.2, 0.25) is 5.02 Å². The number of benzene rings is 1. The molecule has 0 amide bonds. The summed E-state index contributed by atoms with van der Waals surface area (Å²) in [7, 11) is 0. The van der Waals surface area contributed by atoms with Crippen molar-refractivity contribution in [1.29, 1.82) is 0 Å². The predicted molar refractivity (Wildman–Crippen MR) is 75.7 cm³/mol. The topological polar surface area (TPSA) is 49.8 Å². The fourth-order valence-corrected chi connectivity index (χ4v) is 1.69. The van der Waals surface area contributed by atoms with Crippen LogP contribution in [0, 0.1) is 6.92 Å². The third-order valence-corrected chi connectivity index (χ3v) is 2.84. The number of aryl methyl sites for hydroxylation is 1. The average Bonchev–Trinajstić information content (AvgIpc) is 2.35. The summed E-state index contributed by atoms with van der Waals surface area (Å²) in [6.07, 6.45) is 3.37. The summed E-state index contributed by atoms with van der Waals surface area (Å²) in [6.45, 7) is 4.80. The summed E-state index contributed by atoms with van der Waals surface area (Å²) in [5, 5.41) is 7.02. The Morgan fingerprint density at radius 2 is 2.00 bits per heavy atom. The second-order valence-corrected chi connectivity index (χ2v) is 4.32. The smallest absolute Gasteiger partial charge is 0.151 e. The Kier molecular flexibility index (Phi) is 3.99. The summed E-state index contributed by atoms with van der Waals surface area (Å²) in [6, 6.07) is 5.80. The van der Waals surface area contributed by atoms with Crippen LogP contribution in [-0.4, -0.2) is 16.5 Å². The molecule has 94 valence electrons. The molecule has 2 N–H and O–H groups in total. The van der Waals surface area contributed by atoms with E-state index in [0.29, 0.717) is 5.82 Å². The van der Waals surface area contributed by atoms with Gasteiger partial charge >= 0.3 is 0 Å². The van der Waals surface area contributed by atoms with Gasteiger partial charge in [0.2, 0.25) is 0 Å². The maximum absolute atomic E-state index is 6.07. The van der Waals surface area contributed by atoms with Crippen LogP contribution in [0.3, 0.4) is 0 Å². The molecule has 0 radical (unpaired) electrons. The molecule has 1 aromatic heterocycles. The maximum atomic E-state index is 6.07. The van der Waals surface area contributed by atoms with Gasteiger partial charge in [-0.25, -0.2) is 4.98 Å². The van der Waals surface area contributed by atoms with E-state index < -0.39 is 0 Å². The standard InChI is InChI=1S/C13H15ClN4/c1-3-16-12-7-15-8-13(18-12)17-10-5-4-9(2)11(14)6-10/h4-8H,3H2,1-2H3,(H2,16,17,18). The van der Waals surface area contributed by atoms with E-state index in [4.69, 9.17) is 11.6 Å². The van der Waals surface area contributed by atoms with Gasteiger partial charge in [0, 0.05) is 17.3 Å². The molecule has 1 aromatic carbocycles. The molecule has 0 saturated carbocycles.